The van der Waals surface area contributed by atoms with Crippen LogP contribution in [0.2, 0.25) is 10.0 Å². The van der Waals surface area contributed by atoms with Crippen molar-refractivity contribution in [1.82, 2.24) is 4.98 Å². The zero-order valence-corrected chi connectivity index (χ0v) is 16.0. The molecule has 0 saturated carbocycles. The van der Waals surface area contributed by atoms with Gasteiger partial charge >= 0.3 is 0 Å². The first-order valence-electron chi connectivity index (χ1n) is 8.45. The lowest BCUT2D eigenvalue weighted by atomic mass is 9.93. The van der Waals surface area contributed by atoms with E-state index >= 15 is 0 Å². The van der Waals surface area contributed by atoms with Crippen LogP contribution in [0.3, 0.4) is 0 Å². The Kier molecular flexibility index (Phi) is 5.18. The zero-order valence-electron chi connectivity index (χ0n) is 14.4. The maximum Gasteiger partial charge on any atom is 0.140 e. The second-order valence-corrected chi connectivity index (χ2v) is 7.09. The Bertz CT molecular complexity index is 1110. The maximum atomic E-state index is 14.6. The Hall–Kier alpha value is -2.66. The summed E-state index contributed by atoms with van der Waals surface area (Å²) in [6.45, 7) is 0. The lowest BCUT2D eigenvalue weighted by Crippen LogP contribution is -2.03. The number of rotatable bonds is 4. The van der Waals surface area contributed by atoms with Gasteiger partial charge in [0.2, 0.25) is 0 Å². The van der Waals surface area contributed by atoms with Crippen LogP contribution in [0.1, 0.15) is 17.2 Å². The van der Waals surface area contributed by atoms with Gasteiger partial charge in [0.25, 0.3) is 0 Å². The molecule has 4 rings (SSSR count). The fourth-order valence-electron chi connectivity index (χ4n) is 3.08. The first-order valence-corrected chi connectivity index (χ1v) is 9.21. The fraction of sp³-hybridized carbons (Fsp3) is 0.0455. The van der Waals surface area contributed by atoms with Crippen LogP contribution in [0.25, 0.3) is 22.5 Å². The number of halogens is 3. The Morgan fingerprint density at radius 2 is 1.71 bits per heavy atom. The van der Waals surface area contributed by atoms with Crippen LogP contribution in [0, 0.1) is 5.82 Å². The molecule has 0 bridgehead atoms. The predicted molar refractivity (Wildman–Crippen MR) is 108 cm³/mol. The molecular formula is C22H14Cl2FNO2. The van der Waals surface area contributed by atoms with Crippen LogP contribution >= 0.6 is 23.2 Å². The zero-order chi connectivity index (χ0) is 19.7. The van der Waals surface area contributed by atoms with Crippen molar-refractivity contribution in [1.29, 1.82) is 0 Å². The van der Waals surface area contributed by atoms with Crippen LogP contribution in [-0.2, 0) is 0 Å². The van der Waals surface area contributed by atoms with Crippen molar-refractivity contribution in [2.75, 3.05) is 0 Å². The molecule has 2 aromatic carbocycles. The normalized spacial score (nSPS) is 12.1. The lowest BCUT2D eigenvalue weighted by molar-refractivity contribution is 0.220. The van der Waals surface area contributed by atoms with Crippen molar-refractivity contribution in [2.24, 2.45) is 0 Å². The van der Waals surface area contributed by atoms with Crippen LogP contribution in [0.5, 0.6) is 0 Å². The summed E-state index contributed by atoms with van der Waals surface area (Å²) in [5.41, 5.74) is 2.44. The van der Waals surface area contributed by atoms with Crippen LogP contribution in [0.4, 0.5) is 4.39 Å². The molecule has 140 valence electrons. The van der Waals surface area contributed by atoms with Crippen molar-refractivity contribution in [3.63, 3.8) is 0 Å². The average molecular weight is 414 g/mol. The molecule has 4 aromatic rings. The van der Waals surface area contributed by atoms with E-state index in [1.54, 1.807) is 60.9 Å². The smallest absolute Gasteiger partial charge is 0.140 e. The van der Waals surface area contributed by atoms with Gasteiger partial charge < -0.3 is 9.52 Å². The summed E-state index contributed by atoms with van der Waals surface area (Å²) in [6.07, 6.45) is 3.55. The number of aliphatic hydroxyl groups excluding tert-OH is 1. The van der Waals surface area contributed by atoms with Gasteiger partial charge in [-0.05, 0) is 48.5 Å². The van der Waals surface area contributed by atoms with Crippen molar-refractivity contribution < 1.29 is 13.9 Å². The van der Waals surface area contributed by atoms with E-state index in [1.807, 2.05) is 0 Å². The standard InChI is InChI=1S/C22H14Cl2FNO2/c23-15-5-3-13(4-6-15)22-20(21(27)14-2-1-9-26-11-14)18(12-28-22)17-8-7-16(24)10-19(17)25/h1-12,21,27H. The maximum absolute atomic E-state index is 14.6. The molecular weight excluding hydrogens is 400 g/mol. The topological polar surface area (TPSA) is 46.3 Å². The molecule has 0 aliphatic rings. The van der Waals surface area contributed by atoms with E-state index < -0.39 is 11.9 Å². The Morgan fingerprint density at radius 1 is 0.964 bits per heavy atom. The highest BCUT2D eigenvalue weighted by Gasteiger charge is 2.26. The quantitative estimate of drug-likeness (QED) is 0.413. The highest BCUT2D eigenvalue weighted by Crippen LogP contribution is 2.41. The minimum Gasteiger partial charge on any atom is -0.463 e. The number of nitrogens with zero attached hydrogens (tertiary/aromatic N) is 1. The SMILES string of the molecule is OC(c1cccnc1)c1c(-c2ccc(Cl)cc2F)coc1-c1ccc(Cl)cc1. The van der Waals surface area contributed by atoms with Gasteiger partial charge in [-0.15, -0.1) is 0 Å². The molecule has 1 unspecified atom stereocenters. The Morgan fingerprint density at radius 3 is 2.39 bits per heavy atom. The molecule has 0 aliphatic heterocycles. The van der Waals surface area contributed by atoms with Crippen molar-refractivity contribution in [3.8, 4) is 22.5 Å². The summed E-state index contributed by atoms with van der Waals surface area (Å²) in [7, 11) is 0. The van der Waals surface area contributed by atoms with E-state index in [1.165, 1.54) is 12.3 Å². The van der Waals surface area contributed by atoms with E-state index in [9.17, 15) is 9.50 Å². The van der Waals surface area contributed by atoms with E-state index in [2.05, 4.69) is 4.98 Å². The van der Waals surface area contributed by atoms with Crippen molar-refractivity contribution in [2.45, 2.75) is 6.10 Å². The number of hydrogen-bond donors (Lipinski definition) is 1. The molecule has 0 fully saturated rings. The van der Waals surface area contributed by atoms with Crippen molar-refractivity contribution >= 4 is 23.2 Å². The summed E-state index contributed by atoms with van der Waals surface area (Å²) in [5.74, 6) is -0.0760. The van der Waals surface area contributed by atoms with Gasteiger partial charge in [0.05, 0.1) is 6.26 Å². The minimum absolute atomic E-state index is 0.284. The number of hydrogen-bond acceptors (Lipinski definition) is 3. The van der Waals surface area contributed by atoms with E-state index in [0.717, 1.165) is 0 Å². The van der Waals surface area contributed by atoms with Crippen LogP contribution in [-0.4, -0.2) is 10.1 Å². The highest BCUT2D eigenvalue weighted by atomic mass is 35.5. The number of benzene rings is 2. The molecule has 0 spiro atoms. The van der Waals surface area contributed by atoms with E-state index in [0.29, 0.717) is 33.0 Å². The monoisotopic (exact) mass is 413 g/mol. The number of pyridine rings is 1. The summed E-state index contributed by atoms with van der Waals surface area (Å²) < 4.78 is 20.4. The molecule has 28 heavy (non-hydrogen) atoms. The van der Waals surface area contributed by atoms with E-state index in [4.69, 9.17) is 27.6 Å². The van der Waals surface area contributed by atoms with Gasteiger partial charge in [-0.25, -0.2) is 4.39 Å². The molecule has 1 atom stereocenters. The molecule has 2 aromatic heterocycles. The van der Waals surface area contributed by atoms with Gasteiger partial charge in [0.1, 0.15) is 17.7 Å². The number of aromatic nitrogens is 1. The molecule has 2 heterocycles. The first-order chi connectivity index (χ1) is 13.5. The third-order valence-electron chi connectivity index (χ3n) is 4.43. The third-order valence-corrected chi connectivity index (χ3v) is 4.92. The number of aliphatic hydroxyl groups is 1. The second-order valence-electron chi connectivity index (χ2n) is 6.21. The molecule has 0 amide bonds. The highest BCUT2D eigenvalue weighted by molar-refractivity contribution is 6.31. The summed E-state index contributed by atoms with van der Waals surface area (Å²) in [4.78, 5) is 4.06. The largest absolute Gasteiger partial charge is 0.463 e. The molecule has 6 heteroatoms. The Balaban J connectivity index is 1.93. The fourth-order valence-corrected chi connectivity index (χ4v) is 3.37. The predicted octanol–water partition coefficient (Wildman–Crippen LogP) is 6.54. The molecule has 0 radical (unpaired) electrons. The lowest BCUT2D eigenvalue weighted by Gasteiger charge is -2.14. The summed E-state index contributed by atoms with van der Waals surface area (Å²) in [5, 5.41) is 12.0. The van der Waals surface area contributed by atoms with Gasteiger partial charge in [-0.3, -0.25) is 4.98 Å². The molecule has 0 saturated heterocycles. The van der Waals surface area contributed by atoms with Gasteiger partial charge in [0.15, 0.2) is 0 Å². The van der Waals surface area contributed by atoms with Crippen LogP contribution in [0.15, 0.2) is 77.7 Å². The molecule has 1 N–H and O–H groups in total. The van der Waals surface area contributed by atoms with Gasteiger partial charge in [-0.1, -0.05) is 29.3 Å². The summed E-state index contributed by atoms with van der Waals surface area (Å²) in [6, 6.07) is 14.9. The van der Waals surface area contributed by atoms with Gasteiger partial charge in [-0.2, -0.15) is 0 Å². The van der Waals surface area contributed by atoms with Crippen LogP contribution < -0.4 is 0 Å². The first kappa shape index (κ1) is 18.7. The molecule has 3 nitrogen and oxygen atoms in total. The molecule has 0 aliphatic carbocycles. The van der Waals surface area contributed by atoms with Crippen molar-refractivity contribution in [3.05, 3.63) is 100 Å². The Labute approximate surface area is 171 Å². The third kappa shape index (κ3) is 3.54. The summed E-state index contributed by atoms with van der Waals surface area (Å²) >= 11 is 11.9. The van der Waals surface area contributed by atoms with E-state index in [-0.39, 0.29) is 10.6 Å². The number of furan rings is 1. The average Bonchev–Trinajstić information content (AvgIpc) is 3.13. The minimum atomic E-state index is -1.07. The second kappa shape index (κ2) is 7.76. The van der Waals surface area contributed by atoms with Gasteiger partial charge in [0, 0.05) is 50.3 Å².